The second-order valence-electron chi connectivity index (χ2n) is 5.50. The number of carboxylic acid groups (broad SMARTS) is 1. The first kappa shape index (κ1) is 18.6. The van der Waals surface area contributed by atoms with Crippen LogP contribution in [0.2, 0.25) is 5.15 Å². The lowest BCUT2D eigenvalue weighted by Gasteiger charge is -2.21. The number of carboxylic acids is 1. The van der Waals surface area contributed by atoms with E-state index in [0.717, 1.165) is 5.69 Å². The van der Waals surface area contributed by atoms with Crippen LogP contribution in [0.25, 0.3) is 0 Å². The molecule has 0 bridgehead atoms. The Morgan fingerprint density at radius 3 is 2.68 bits per heavy atom. The molecule has 6 nitrogen and oxygen atoms in total. The van der Waals surface area contributed by atoms with Crippen molar-refractivity contribution in [3.05, 3.63) is 29.0 Å². The Morgan fingerprint density at radius 2 is 2.14 bits per heavy atom. The lowest BCUT2D eigenvalue weighted by atomic mass is 10.2. The number of alkyl carbamates (subject to hydrolysis) is 1. The van der Waals surface area contributed by atoms with Gasteiger partial charge in [0.2, 0.25) is 0 Å². The molecule has 1 amide bonds. The van der Waals surface area contributed by atoms with Crippen molar-refractivity contribution in [2.24, 2.45) is 0 Å². The van der Waals surface area contributed by atoms with E-state index in [2.05, 4.69) is 10.3 Å². The summed E-state index contributed by atoms with van der Waals surface area (Å²) >= 11 is 7.12. The summed E-state index contributed by atoms with van der Waals surface area (Å²) in [7, 11) is 0. The highest BCUT2D eigenvalue weighted by Crippen LogP contribution is 2.14. The first-order valence-electron chi connectivity index (χ1n) is 6.59. The Labute approximate surface area is 138 Å². The first-order valence-corrected chi connectivity index (χ1v) is 8.12. The summed E-state index contributed by atoms with van der Waals surface area (Å²) in [6.45, 7) is 5.13. The SMILES string of the molecule is CC(C)(C)OC(=O)NC(CSCc1cccc(Cl)n1)C(=O)O. The van der Waals surface area contributed by atoms with Crippen molar-refractivity contribution in [2.45, 2.75) is 38.2 Å². The van der Waals surface area contributed by atoms with Gasteiger partial charge in [-0.2, -0.15) is 11.8 Å². The van der Waals surface area contributed by atoms with Crippen LogP contribution in [0, 0.1) is 0 Å². The molecule has 0 saturated heterocycles. The van der Waals surface area contributed by atoms with E-state index in [-0.39, 0.29) is 5.75 Å². The number of halogens is 1. The summed E-state index contributed by atoms with van der Waals surface area (Å²) < 4.78 is 5.05. The molecular weight excluding hydrogens is 328 g/mol. The van der Waals surface area contributed by atoms with Gasteiger partial charge in [-0.25, -0.2) is 14.6 Å². The molecule has 0 aliphatic carbocycles. The van der Waals surface area contributed by atoms with E-state index in [1.165, 1.54) is 11.8 Å². The smallest absolute Gasteiger partial charge is 0.408 e. The maximum absolute atomic E-state index is 11.6. The van der Waals surface area contributed by atoms with Gasteiger partial charge in [0.15, 0.2) is 0 Å². The Morgan fingerprint density at radius 1 is 1.45 bits per heavy atom. The van der Waals surface area contributed by atoms with Gasteiger partial charge in [0.25, 0.3) is 0 Å². The largest absolute Gasteiger partial charge is 0.480 e. The molecule has 0 aliphatic heterocycles. The fourth-order valence-corrected chi connectivity index (χ4v) is 2.57. The third-order valence-electron chi connectivity index (χ3n) is 2.30. The fraction of sp³-hybridized carbons (Fsp3) is 0.500. The van der Waals surface area contributed by atoms with Crippen molar-refractivity contribution in [3.63, 3.8) is 0 Å². The maximum Gasteiger partial charge on any atom is 0.408 e. The Balaban J connectivity index is 2.48. The van der Waals surface area contributed by atoms with Gasteiger partial charge in [-0.15, -0.1) is 0 Å². The van der Waals surface area contributed by atoms with E-state index < -0.39 is 23.7 Å². The van der Waals surface area contributed by atoms with Crippen LogP contribution in [-0.4, -0.2) is 39.5 Å². The van der Waals surface area contributed by atoms with Gasteiger partial charge in [0.1, 0.15) is 16.8 Å². The molecule has 1 aromatic heterocycles. The highest BCUT2D eigenvalue weighted by molar-refractivity contribution is 7.98. The molecule has 1 atom stereocenters. The Hall–Kier alpha value is -1.47. The van der Waals surface area contributed by atoms with Crippen LogP contribution in [0.15, 0.2) is 18.2 Å². The number of pyridine rings is 1. The predicted molar refractivity (Wildman–Crippen MR) is 86.2 cm³/mol. The monoisotopic (exact) mass is 346 g/mol. The molecule has 22 heavy (non-hydrogen) atoms. The molecular formula is C14H19ClN2O4S. The number of carbonyl (C=O) groups is 2. The third-order valence-corrected chi connectivity index (χ3v) is 3.58. The second-order valence-corrected chi connectivity index (χ2v) is 6.92. The molecule has 0 radical (unpaired) electrons. The van der Waals surface area contributed by atoms with Gasteiger partial charge in [0, 0.05) is 11.5 Å². The van der Waals surface area contributed by atoms with E-state index >= 15 is 0 Å². The van der Waals surface area contributed by atoms with Crippen molar-refractivity contribution in [1.29, 1.82) is 0 Å². The van der Waals surface area contributed by atoms with Crippen LogP contribution in [0.3, 0.4) is 0 Å². The minimum absolute atomic E-state index is 0.197. The summed E-state index contributed by atoms with van der Waals surface area (Å²) in [6, 6.07) is 4.22. The van der Waals surface area contributed by atoms with Crippen molar-refractivity contribution in [3.8, 4) is 0 Å². The summed E-state index contributed by atoms with van der Waals surface area (Å²) in [4.78, 5) is 26.9. The highest BCUT2D eigenvalue weighted by atomic mass is 35.5. The molecule has 0 aromatic carbocycles. The molecule has 1 rings (SSSR count). The number of amides is 1. The van der Waals surface area contributed by atoms with Crippen LogP contribution in [-0.2, 0) is 15.3 Å². The summed E-state index contributed by atoms with van der Waals surface area (Å²) in [5, 5.41) is 11.9. The molecule has 8 heteroatoms. The quantitative estimate of drug-likeness (QED) is 0.770. The predicted octanol–water partition coefficient (Wildman–Crippen LogP) is 2.95. The number of nitrogens with one attached hydrogen (secondary N) is 1. The molecule has 0 fully saturated rings. The number of thioether (sulfide) groups is 1. The van der Waals surface area contributed by atoms with E-state index in [1.807, 2.05) is 0 Å². The summed E-state index contributed by atoms with van der Waals surface area (Å²) in [5.74, 6) is -0.416. The molecule has 1 unspecified atom stereocenters. The number of hydrogen-bond acceptors (Lipinski definition) is 5. The number of hydrogen-bond donors (Lipinski definition) is 2. The van der Waals surface area contributed by atoms with Crippen LogP contribution >= 0.6 is 23.4 Å². The van der Waals surface area contributed by atoms with Crippen molar-refractivity contribution in [1.82, 2.24) is 10.3 Å². The summed E-state index contributed by atoms with van der Waals surface area (Å²) in [5.41, 5.74) is 0.0734. The number of carbonyl (C=O) groups excluding carboxylic acids is 1. The third kappa shape index (κ3) is 7.51. The molecule has 0 spiro atoms. The minimum Gasteiger partial charge on any atom is -0.480 e. The molecule has 0 saturated carbocycles. The van der Waals surface area contributed by atoms with Gasteiger partial charge in [-0.3, -0.25) is 0 Å². The Bertz CT molecular complexity index is 534. The molecule has 122 valence electrons. The highest BCUT2D eigenvalue weighted by Gasteiger charge is 2.23. The van der Waals surface area contributed by atoms with Crippen molar-refractivity contribution < 1.29 is 19.4 Å². The Kier molecular flexibility index (Phi) is 6.96. The standard InChI is InChI=1S/C14H19ClN2O4S/c1-14(2,3)21-13(20)17-10(12(18)19)8-22-7-9-5-4-6-11(15)16-9/h4-6,10H,7-8H2,1-3H3,(H,17,20)(H,18,19). The lowest BCUT2D eigenvalue weighted by molar-refractivity contribution is -0.138. The topological polar surface area (TPSA) is 88.5 Å². The van der Waals surface area contributed by atoms with E-state index in [4.69, 9.17) is 21.4 Å². The number of nitrogens with zero attached hydrogens (tertiary/aromatic N) is 1. The average Bonchev–Trinajstić information content (AvgIpc) is 2.35. The maximum atomic E-state index is 11.6. The van der Waals surface area contributed by atoms with Gasteiger partial charge < -0.3 is 15.2 Å². The molecule has 1 aromatic rings. The number of aliphatic carboxylic acids is 1. The lowest BCUT2D eigenvalue weighted by Crippen LogP contribution is -2.44. The van der Waals surface area contributed by atoms with Gasteiger partial charge in [-0.1, -0.05) is 17.7 Å². The van der Waals surface area contributed by atoms with Crippen LogP contribution in [0.4, 0.5) is 4.79 Å². The number of ether oxygens (including phenoxy) is 1. The number of aromatic nitrogens is 1. The zero-order valence-corrected chi connectivity index (χ0v) is 14.2. The van der Waals surface area contributed by atoms with Crippen LogP contribution < -0.4 is 5.32 Å². The molecule has 0 aliphatic rings. The average molecular weight is 347 g/mol. The zero-order valence-electron chi connectivity index (χ0n) is 12.6. The van der Waals surface area contributed by atoms with Crippen molar-refractivity contribution >= 4 is 35.4 Å². The van der Waals surface area contributed by atoms with Crippen LogP contribution in [0.1, 0.15) is 26.5 Å². The van der Waals surface area contributed by atoms with Crippen LogP contribution in [0.5, 0.6) is 0 Å². The van der Waals surface area contributed by atoms with Gasteiger partial charge in [0.05, 0.1) is 5.69 Å². The van der Waals surface area contributed by atoms with E-state index in [9.17, 15) is 9.59 Å². The van der Waals surface area contributed by atoms with E-state index in [1.54, 1.807) is 39.0 Å². The number of rotatable bonds is 6. The van der Waals surface area contributed by atoms with Gasteiger partial charge >= 0.3 is 12.1 Å². The zero-order chi connectivity index (χ0) is 16.8. The normalized spacial score (nSPS) is 12.5. The molecule has 1 heterocycles. The first-order chi connectivity index (χ1) is 10.2. The van der Waals surface area contributed by atoms with Gasteiger partial charge in [-0.05, 0) is 32.9 Å². The van der Waals surface area contributed by atoms with Crippen molar-refractivity contribution in [2.75, 3.05) is 5.75 Å². The molecule has 2 N–H and O–H groups in total. The fourth-order valence-electron chi connectivity index (χ4n) is 1.44. The minimum atomic E-state index is -1.11. The summed E-state index contributed by atoms with van der Waals surface area (Å²) in [6.07, 6.45) is -0.749. The van der Waals surface area contributed by atoms with E-state index in [0.29, 0.717) is 10.9 Å². The second kappa shape index (κ2) is 8.24.